The number of amides is 2. The lowest BCUT2D eigenvalue weighted by Crippen LogP contribution is -2.47. The molecule has 0 bridgehead atoms. The topological polar surface area (TPSA) is 58.6 Å². The second kappa shape index (κ2) is 7.31. The maximum Gasteiger partial charge on any atom is 0.258 e. The van der Waals surface area contributed by atoms with Gasteiger partial charge in [-0.1, -0.05) is 11.6 Å². The maximum absolute atomic E-state index is 11.8. The summed E-state index contributed by atoms with van der Waals surface area (Å²) in [5.41, 5.74) is 0. The molecule has 1 N–H and O–H groups in total. The smallest absolute Gasteiger partial charge is 0.258 e. The Morgan fingerprint density at radius 1 is 1.29 bits per heavy atom. The summed E-state index contributed by atoms with van der Waals surface area (Å²) in [4.78, 5) is 24.8. The quantitative estimate of drug-likeness (QED) is 0.923. The van der Waals surface area contributed by atoms with Crippen LogP contribution in [0.4, 0.5) is 0 Å². The van der Waals surface area contributed by atoms with Gasteiger partial charge >= 0.3 is 0 Å². The fourth-order valence-corrected chi connectivity index (χ4v) is 2.41. The molecule has 1 heterocycles. The van der Waals surface area contributed by atoms with Crippen molar-refractivity contribution in [1.82, 2.24) is 10.2 Å². The molecule has 0 radical (unpaired) electrons. The number of hydrogen-bond donors (Lipinski definition) is 1. The highest BCUT2D eigenvalue weighted by molar-refractivity contribution is 6.30. The average molecular weight is 311 g/mol. The SMILES string of the molecule is CC(=O)N1CCC(NC(=O)COc2ccc(Cl)cc2)CC1. The summed E-state index contributed by atoms with van der Waals surface area (Å²) in [5, 5.41) is 3.56. The van der Waals surface area contributed by atoms with E-state index in [1.165, 1.54) is 0 Å². The second-order valence-corrected chi connectivity index (χ2v) is 5.53. The molecule has 5 nitrogen and oxygen atoms in total. The number of piperidine rings is 1. The predicted molar refractivity (Wildman–Crippen MR) is 80.4 cm³/mol. The third-order valence-corrected chi connectivity index (χ3v) is 3.74. The molecule has 1 saturated heterocycles. The number of ether oxygens (including phenoxy) is 1. The Morgan fingerprint density at radius 3 is 2.48 bits per heavy atom. The summed E-state index contributed by atoms with van der Waals surface area (Å²) >= 11 is 5.77. The molecule has 0 spiro atoms. The van der Waals surface area contributed by atoms with Gasteiger partial charge in [0.15, 0.2) is 6.61 Å². The number of benzene rings is 1. The summed E-state index contributed by atoms with van der Waals surface area (Å²) in [5.74, 6) is 0.554. The molecule has 1 aliphatic rings. The first-order chi connectivity index (χ1) is 10.0. The normalized spacial score (nSPS) is 15.6. The van der Waals surface area contributed by atoms with Gasteiger partial charge in [-0.05, 0) is 37.1 Å². The van der Waals surface area contributed by atoms with E-state index in [1.54, 1.807) is 36.1 Å². The summed E-state index contributed by atoms with van der Waals surface area (Å²) in [6.45, 7) is 2.93. The summed E-state index contributed by atoms with van der Waals surface area (Å²) in [6, 6.07) is 6.99. The Bertz CT molecular complexity index is 496. The molecule has 0 unspecified atom stereocenters. The Kier molecular flexibility index (Phi) is 5.44. The van der Waals surface area contributed by atoms with Gasteiger partial charge in [-0.3, -0.25) is 9.59 Å². The van der Waals surface area contributed by atoms with Gasteiger partial charge in [0.2, 0.25) is 5.91 Å². The molecule has 2 amide bonds. The van der Waals surface area contributed by atoms with Crippen LogP contribution in [-0.4, -0.2) is 42.5 Å². The van der Waals surface area contributed by atoms with E-state index in [4.69, 9.17) is 16.3 Å². The van der Waals surface area contributed by atoms with E-state index in [0.717, 1.165) is 12.8 Å². The number of halogens is 1. The fourth-order valence-electron chi connectivity index (χ4n) is 2.29. The first kappa shape index (κ1) is 15.6. The van der Waals surface area contributed by atoms with Gasteiger partial charge in [0.1, 0.15) is 5.75 Å². The Hall–Kier alpha value is -1.75. The van der Waals surface area contributed by atoms with E-state index < -0.39 is 0 Å². The van der Waals surface area contributed by atoms with Crippen LogP contribution in [0.2, 0.25) is 5.02 Å². The lowest BCUT2D eigenvalue weighted by molar-refractivity contribution is -0.130. The highest BCUT2D eigenvalue weighted by Crippen LogP contribution is 2.15. The largest absolute Gasteiger partial charge is 0.484 e. The van der Waals surface area contributed by atoms with Gasteiger partial charge in [-0.15, -0.1) is 0 Å². The third-order valence-electron chi connectivity index (χ3n) is 3.49. The zero-order valence-electron chi connectivity index (χ0n) is 12.0. The van der Waals surface area contributed by atoms with Crippen molar-refractivity contribution in [3.05, 3.63) is 29.3 Å². The van der Waals surface area contributed by atoms with E-state index in [-0.39, 0.29) is 24.5 Å². The summed E-state index contributed by atoms with van der Waals surface area (Å²) in [7, 11) is 0. The molecule has 1 aliphatic heterocycles. The van der Waals surface area contributed by atoms with Gasteiger partial charge in [0.25, 0.3) is 5.91 Å². The van der Waals surface area contributed by atoms with Crippen molar-refractivity contribution in [1.29, 1.82) is 0 Å². The standard InChI is InChI=1S/C15H19ClN2O3/c1-11(19)18-8-6-13(7-9-18)17-15(20)10-21-14-4-2-12(16)3-5-14/h2-5,13H,6-10H2,1H3,(H,17,20). The average Bonchev–Trinajstić information content (AvgIpc) is 2.47. The van der Waals surface area contributed by atoms with Gasteiger partial charge in [-0.2, -0.15) is 0 Å². The van der Waals surface area contributed by atoms with Crippen LogP contribution >= 0.6 is 11.6 Å². The van der Waals surface area contributed by atoms with Crippen LogP contribution in [0.15, 0.2) is 24.3 Å². The van der Waals surface area contributed by atoms with Crippen LogP contribution in [0.3, 0.4) is 0 Å². The third kappa shape index (κ3) is 4.93. The molecule has 0 aliphatic carbocycles. The molecule has 1 aromatic carbocycles. The molecule has 0 atom stereocenters. The molecule has 6 heteroatoms. The Labute approximate surface area is 129 Å². The number of nitrogens with zero attached hydrogens (tertiary/aromatic N) is 1. The van der Waals surface area contributed by atoms with E-state index in [9.17, 15) is 9.59 Å². The van der Waals surface area contributed by atoms with E-state index in [2.05, 4.69) is 5.32 Å². The highest BCUT2D eigenvalue weighted by atomic mass is 35.5. The van der Waals surface area contributed by atoms with Crippen molar-refractivity contribution in [2.45, 2.75) is 25.8 Å². The molecule has 0 saturated carbocycles. The van der Waals surface area contributed by atoms with E-state index in [0.29, 0.717) is 23.9 Å². The van der Waals surface area contributed by atoms with Crippen LogP contribution in [0.1, 0.15) is 19.8 Å². The van der Waals surface area contributed by atoms with Crippen molar-refractivity contribution in [3.63, 3.8) is 0 Å². The maximum atomic E-state index is 11.8. The van der Waals surface area contributed by atoms with Gasteiger partial charge < -0.3 is 15.0 Å². The van der Waals surface area contributed by atoms with Gasteiger partial charge in [-0.25, -0.2) is 0 Å². The number of nitrogens with one attached hydrogen (secondary N) is 1. The first-order valence-corrected chi connectivity index (χ1v) is 7.35. The molecule has 21 heavy (non-hydrogen) atoms. The lowest BCUT2D eigenvalue weighted by Gasteiger charge is -2.31. The number of hydrogen-bond acceptors (Lipinski definition) is 3. The van der Waals surface area contributed by atoms with Crippen LogP contribution < -0.4 is 10.1 Å². The Morgan fingerprint density at radius 2 is 1.90 bits per heavy atom. The van der Waals surface area contributed by atoms with Crippen molar-refractivity contribution in [2.75, 3.05) is 19.7 Å². The molecule has 2 rings (SSSR count). The zero-order valence-corrected chi connectivity index (χ0v) is 12.7. The van der Waals surface area contributed by atoms with Crippen molar-refractivity contribution < 1.29 is 14.3 Å². The zero-order chi connectivity index (χ0) is 15.2. The van der Waals surface area contributed by atoms with Crippen LogP contribution in [0, 0.1) is 0 Å². The number of carbonyl (C=O) groups is 2. The summed E-state index contributed by atoms with van der Waals surface area (Å²) < 4.78 is 5.39. The molecule has 1 fully saturated rings. The number of rotatable bonds is 4. The molecule has 114 valence electrons. The monoisotopic (exact) mass is 310 g/mol. The first-order valence-electron chi connectivity index (χ1n) is 6.98. The Balaban J connectivity index is 1.70. The van der Waals surface area contributed by atoms with Crippen LogP contribution in [-0.2, 0) is 9.59 Å². The van der Waals surface area contributed by atoms with E-state index >= 15 is 0 Å². The highest BCUT2D eigenvalue weighted by Gasteiger charge is 2.21. The minimum atomic E-state index is -0.147. The second-order valence-electron chi connectivity index (χ2n) is 5.09. The lowest BCUT2D eigenvalue weighted by atomic mass is 10.1. The van der Waals surface area contributed by atoms with Gasteiger partial charge in [0.05, 0.1) is 0 Å². The van der Waals surface area contributed by atoms with Crippen LogP contribution in [0.25, 0.3) is 0 Å². The van der Waals surface area contributed by atoms with Gasteiger partial charge in [0, 0.05) is 31.1 Å². The van der Waals surface area contributed by atoms with Crippen molar-refractivity contribution in [2.24, 2.45) is 0 Å². The number of likely N-dealkylation sites (tertiary alicyclic amines) is 1. The van der Waals surface area contributed by atoms with Crippen LogP contribution in [0.5, 0.6) is 5.75 Å². The number of carbonyl (C=O) groups excluding carboxylic acids is 2. The molecule has 1 aromatic rings. The molecule has 0 aromatic heterocycles. The summed E-state index contributed by atoms with van der Waals surface area (Å²) in [6.07, 6.45) is 1.57. The van der Waals surface area contributed by atoms with Crippen molar-refractivity contribution in [3.8, 4) is 5.75 Å². The minimum Gasteiger partial charge on any atom is -0.484 e. The van der Waals surface area contributed by atoms with E-state index in [1.807, 2.05) is 0 Å². The predicted octanol–water partition coefficient (Wildman–Crippen LogP) is 1.85. The molecular formula is C15H19ClN2O3. The molecular weight excluding hydrogens is 292 g/mol. The fraction of sp³-hybridized carbons (Fsp3) is 0.467. The minimum absolute atomic E-state index is 0.0193. The van der Waals surface area contributed by atoms with Crippen molar-refractivity contribution >= 4 is 23.4 Å².